The fourth-order valence-corrected chi connectivity index (χ4v) is 3.11. The molecule has 0 fully saturated rings. The molecule has 2 N–H and O–H groups in total. The average Bonchev–Trinajstić information content (AvgIpc) is 2.68. The zero-order valence-electron chi connectivity index (χ0n) is 15.0. The number of carbonyl (C=O) groups excluding carboxylic acids is 2. The van der Waals surface area contributed by atoms with Crippen LogP contribution in [0.25, 0.3) is 0 Å². The van der Waals surface area contributed by atoms with Gasteiger partial charge in [0.15, 0.2) is 6.10 Å². The lowest BCUT2D eigenvalue weighted by atomic mass is 10.0. The van der Waals surface area contributed by atoms with Gasteiger partial charge in [-0.05, 0) is 41.5 Å². The van der Waals surface area contributed by atoms with E-state index in [0.29, 0.717) is 15.1 Å². The zero-order valence-corrected chi connectivity index (χ0v) is 17.3. The van der Waals surface area contributed by atoms with E-state index in [-0.39, 0.29) is 12.0 Å². The Labute approximate surface area is 177 Å². The van der Waals surface area contributed by atoms with Crippen LogP contribution in [0.1, 0.15) is 22.8 Å². The van der Waals surface area contributed by atoms with Crippen molar-refractivity contribution in [1.82, 2.24) is 5.32 Å². The third kappa shape index (κ3) is 6.19. The molecule has 0 aliphatic carbocycles. The lowest BCUT2D eigenvalue weighted by Crippen LogP contribution is -2.45. The van der Waals surface area contributed by atoms with Crippen LogP contribution in [-0.2, 0) is 26.9 Å². The Kier molecular flexibility index (Phi) is 7.67. The Hall–Kier alpha value is -2.10. The summed E-state index contributed by atoms with van der Waals surface area (Å²) in [6.07, 6.45) is -6.29. The fraction of sp³-hybridized carbons (Fsp3) is 0.263. The van der Waals surface area contributed by atoms with Crippen LogP contribution in [0.15, 0.2) is 46.9 Å². The first kappa shape index (κ1) is 23.2. The number of ether oxygens (including phenoxy) is 1. The van der Waals surface area contributed by atoms with Crippen LogP contribution in [0.3, 0.4) is 0 Å². The van der Waals surface area contributed by atoms with Gasteiger partial charge in [-0.3, -0.25) is 4.79 Å². The van der Waals surface area contributed by atoms with Crippen molar-refractivity contribution in [1.29, 1.82) is 0 Å². The Morgan fingerprint density at radius 2 is 1.83 bits per heavy atom. The van der Waals surface area contributed by atoms with Gasteiger partial charge in [0.1, 0.15) is 6.04 Å². The zero-order chi connectivity index (χ0) is 21.8. The molecular weight excluding hydrogens is 479 g/mol. The van der Waals surface area contributed by atoms with E-state index in [0.717, 1.165) is 31.4 Å². The second-order valence-corrected chi connectivity index (χ2v) is 7.34. The fourth-order valence-electron chi connectivity index (χ4n) is 2.51. The van der Waals surface area contributed by atoms with E-state index in [1.165, 1.54) is 0 Å². The van der Waals surface area contributed by atoms with Crippen LogP contribution in [0.5, 0.6) is 0 Å². The molecule has 0 saturated heterocycles. The van der Waals surface area contributed by atoms with E-state index < -0.39 is 35.8 Å². The number of alkyl halides is 3. The minimum Gasteiger partial charge on any atom is -0.467 e. The number of amides is 1. The summed E-state index contributed by atoms with van der Waals surface area (Å²) in [6.45, 7) is 0. The van der Waals surface area contributed by atoms with Crippen molar-refractivity contribution in [3.63, 3.8) is 0 Å². The van der Waals surface area contributed by atoms with Gasteiger partial charge in [0.05, 0.1) is 12.7 Å². The number of esters is 1. The number of hydrogen-bond acceptors (Lipinski definition) is 4. The van der Waals surface area contributed by atoms with Gasteiger partial charge in [-0.25, -0.2) is 4.79 Å². The molecule has 0 heterocycles. The van der Waals surface area contributed by atoms with E-state index in [9.17, 15) is 27.9 Å². The molecule has 5 nitrogen and oxygen atoms in total. The number of carbonyl (C=O) groups is 2. The van der Waals surface area contributed by atoms with Crippen molar-refractivity contribution < 1.29 is 32.6 Å². The third-order valence-corrected chi connectivity index (χ3v) is 5.04. The minimum atomic E-state index is -4.54. The maximum Gasteiger partial charge on any atom is 0.416 e. The number of benzene rings is 2. The highest BCUT2D eigenvalue weighted by atomic mass is 79.9. The molecule has 0 unspecified atom stereocenters. The first-order chi connectivity index (χ1) is 13.5. The van der Waals surface area contributed by atoms with Crippen molar-refractivity contribution in [2.45, 2.75) is 24.7 Å². The molecule has 0 bridgehead atoms. The van der Waals surface area contributed by atoms with Gasteiger partial charge in [0, 0.05) is 15.9 Å². The Bertz CT molecular complexity index is 890. The molecule has 0 radical (unpaired) electrons. The summed E-state index contributed by atoms with van der Waals surface area (Å²) in [5.41, 5.74) is -0.354. The predicted octanol–water partition coefficient (Wildman–Crippen LogP) is 4.06. The van der Waals surface area contributed by atoms with Crippen molar-refractivity contribution in [3.8, 4) is 0 Å². The third-order valence-electron chi connectivity index (χ3n) is 4.04. The summed E-state index contributed by atoms with van der Waals surface area (Å²) in [5.74, 6) is -1.72. The highest BCUT2D eigenvalue weighted by Crippen LogP contribution is 2.30. The number of halogens is 5. The Morgan fingerprint density at radius 1 is 1.21 bits per heavy atom. The molecule has 2 aromatic carbocycles. The van der Waals surface area contributed by atoms with Gasteiger partial charge in [-0.15, -0.1) is 0 Å². The molecule has 0 aliphatic rings. The van der Waals surface area contributed by atoms with E-state index in [1.807, 2.05) is 0 Å². The summed E-state index contributed by atoms with van der Waals surface area (Å²) >= 11 is 9.27. The molecule has 1 amide bonds. The highest BCUT2D eigenvalue weighted by molar-refractivity contribution is 9.10. The van der Waals surface area contributed by atoms with Crippen LogP contribution in [0, 0.1) is 0 Å². The molecule has 0 saturated carbocycles. The second kappa shape index (κ2) is 9.60. The topological polar surface area (TPSA) is 75.6 Å². The monoisotopic (exact) mass is 493 g/mol. The normalized spacial score (nSPS) is 13.5. The second-order valence-electron chi connectivity index (χ2n) is 6.05. The van der Waals surface area contributed by atoms with E-state index in [2.05, 4.69) is 26.0 Å². The summed E-state index contributed by atoms with van der Waals surface area (Å²) < 4.78 is 43.3. The van der Waals surface area contributed by atoms with Crippen molar-refractivity contribution in [2.24, 2.45) is 0 Å². The molecule has 0 aliphatic heterocycles. The summed E-state index contributed by atoms with van der Waals surface area (Å²) in [7, 11) is 1.14. The van der Waals surface area contributed by atoms with Gasteiger partial charge in [-0.1, -0.05) is 39.7 Å². The molecule has 29 heavy (non-hydrogen) atoms. The van der Waals surface area contributed by atoms with Gasteiger partial charge < -0.3 is 15.2 Å². The average molecular weight is 495 g/mol. The Balaban J connectivity index is 2.16. The van der Waals surface area contributed by atoms with Gasteiger partial charge in [-0.2, -0.15) is 13.2 Å². The molecule has 0 aromatic heterocycles. The summed E-state index contributed by atoms with van der Waals surface area (Å²) in [6, 6.07) is 7.26. The number of hydrogen-bond donors (Lipinski definition) is 2. The molecular formula is C19H16BrClF3NO4. The summed E-state index contributed by atoms with van der Waals surface area (Å²) in [4.78, 5) is 24.4. The van der Waals surface area contributed by atoms with E-state index >= 15 is 0 Å². The predicted molar refractivity (Wildman–Crippen MR) is 103 cm³/mol. The maximum absolute atomic E-state index is 12.6. The first-order valence-corrected chi connectivity index (χ1v) is 9.37. The lowest BCUT2D eigenvalue weighted by molar-refractivity contribution is -0.146. The lowest BCUT2D eigenvalue weighted by Gasteiger charge is -2.20. The molecule has 2 aromatic rings. The van der Waals surface area contributed by atoms with E-state index in [4.69, 9.17) is 11.6 Å². The van der Waals surface area contributed by atoms with Crippen molar-refractivity contribution in [3.05, 3.63) is 68.7 Å². The van der Waals surface area contributed by atoms with Crippen LogP contribution in [-0.4, -0.2) is 30.1 Å². The SMILES string of the molecule is COC(=O)[C@H](Cc1cc(Cl)ccc1Br)NC(=O)[C@H](O)c1ccc(C(F)(F)F)cc1. The maximum atomic E-state index is 12.6. The minimum absolute atomic E-state index is 0.0132. The molecule has 2 rings (SSSR count). The van der Waals surface area contributed by atoms with E-state index in [1.54, 1.807) is 18.2 Å². The number of aliphatic hydroxyl groups is 1. The standard InChI is InChI=1S/C19H16BrClF3NO4/c1-29-18(28)15(9-11-8-13(21)6-7-14(11)20)25-17(27)16(26)10-2-4-12(5-3-10)19(22,23)24/h2-8,15-16,26H,9H2,1H3,(H,25,27)/t15-,16+/m0/s1. The number of rotatable bonds is 6. The van der Waals surface area contributed by atoms with Gasteiger partial charge in [0.25, 0.3) is 5.91 Å². The van der Waals surface area contributed by atoms with Crippen molar-refractivity contribution >= 4 is 39.4 Å². The first-order valence-electron chi connectivity index (χ1n) is 8.20. The van der Waals surface area contributed by atoms with Gasteiger partial charge in [0.2, 0.25) is 0 Å². The molecule has 10 heteroatoms. The summed E-state index contributed by atoms with van der Waals surface area (Å²) in [5, 5.41) is 13.0. The highest BCUT2D eigenvalue weighted by Gasteiger charge is 2.31. The quantitative estimate of drug-likeness (QED) is 0.594. The number of methoxy groups -OCH3 is 1. The molecule has 156 valence electrons. The van der Waals surface area contributed by atoms with Crippen LogP contribution in [0.2, 0.25) is 5.02 Å². The largest absolute Gasteiger partial charge is 0.467 e. The molecule has 0 spiro atoms. The van der Waals surface area contributed by atoms with Crippen molar-refractivity contribution in [2.75, 3.05) is 7.11 Å². The van der Waals surface area contributed by atoms with Gasteiger partial charge >= 0.3 is 12.1 Å². The number of nitrogens with one attached hydrogen (secondary N) is 1. The number of aliphatic hydroxyl groups excluding tert-OH is 1. The van der Waals surface area contributed by atoms with Crippen LogP contribution in [0.4, 0.5) is 13.2 Å². The van der Waals surface area contributed by atoms with Crippen LogP contribution < -0.4 is 5.32 Å². The van der Waals surface area contributed by atoms with Crippen LogP contribution >= 0.6 is 27.5 Å². The molecule has 2 atom stereocenters. The Morgan fingerprint density at radius 3 is 2.38 bits per heavy atom. The smallest absolute Gasteiger partial charge is 0.416 e.